The third-order valence-electron chi connectivity index (χ3n) is 3.33. The highest BCUT2D eigenvalue weighted by Crippen LogP contribution is 2.32. The fourth-order valence-corrected chi connectivity index (χ4v) is 2.18. The second kappa shape index (κ2) is 5.41. The Labute approximate surface area is 97.7 Å². The summed E-state index contributed by atoms with van der Waals surface area (Å²) in [6.07, 6.45) is 6.53. The lowest BCUT2D eigenvalue weighted by atomic mass is 10.1. The molecule has 0 amide bonds. The first-order valence-corrected chi connectivity index (χ1v) is 6.19. The predicted octanol–water partition coefficient (Wildman–Crippen LogP) is 1.81. The van der Waals surface area contributed by atoms with Crippen LogP contribution in [0.1, 0.15) is 31.4 Å². The van der Waals surface area contributed by atoms with E-state index in [1.54, 1.807) is 0 Å². The van der Waals surface area contributed by atoms with Crippen LogP contribution in [-0.2, 0) is 0 Å². The van der Waals surface area contributed by atoms with Gasteiger partial charge in [0.05, 0.1) is 0 Å². The van der Waals surface area contributed by atoms with E-state index in [9.17, 15) is 0 Å². The number of nitrogens with zero attached hydrogens (tertiary/aromatic N) is 2. The summed E-state index contributed by atoms with van der Waals surface area (Å²) in [5.74, 6) is 0.908. The van der Waals surface area contributed by atoms with Crippen LogP contribution >= 0.6 is 0 Å². The molecular weight excluding hydrogens is 198 g/mol. The Hall–Kier alpha value is -0.930. The standard InChI is InChI=1S/C13H21N3/c1-2-16(10-11-5-6-11)13(8-14)12-4-3-7-15-9-12/h3-4,7,9,11,13H,2,5-6,8,10,14H2,1H3. The maximum atomic E-state index is 5.91. The minimum Gasteiger partial charge on any atom is -0.329 e. The Kier molecular flexibility index (Phi) is 3.91. The van der Waals surface area contributed by atoms with Gasteiger partial charge in [-0.15, -0.1) is 0 Å². The Morgan fingerprint density at radius 3 is 2.88 bits per heavy atom. The molecule has 1 aliphatic rings. The molecule has 88 valence electrons. The Morgan fingerprint density at radius 1 is 1.56 bits per heavy atom. The highest BCUT2D eigenvalue weighted by Gasteiger charge is 2.27. The van der Waals surface area contributed by atoms with Gasteiger partial charge in [0.1, 0.15) is 0 Å². The topological polar surface area (TPSA) is 42.1 Å². The van der Waals surface area contributed by atoms with E-state index in [2.05, 4.69) is 22.9 Å². The third-order valence-corrected chi connectivity index (χ3v) is 3.33. The molecule has 1 atom stereocenters. The molecule has 2 rings (SSSR count). The summed E-state index contributed by atoms with van der Waals surface area (Å²) in [6, 6.07) is 4.45. The van der Waals surface area contributed by atoms with Crippen molar-refractivity contribution >= 4 is 0 Å². The molecule has 0 bridgehead atoms. The van der Waals surface area contributed by atoms with Gasteiger partial charge in [-0.1, -0.05) is 13.0 Å². The van der Waals surface area contributed by atoms with Crippen molar-refractivity contribution in [2.45, 2.75) is 25.8 Å². The smallest absolute Gasteiger partial charge is 0.0485 e. The van der Waals surface area contributed by atoms with Crippen LogP contribution in [0.15, 0.2) is 24.5 Å². The van der Waals surface area contributed by atoms with Crippen LogP contribution < -0.4 is 5.73 Å². The molecule has 2 N–H and O–H groups in total. The molecule has 16 heavy (non-hydrogen) atoms. The highest BCUT2D eigenvalue weighted by atomic mass is 15.2. The van der Waals surface area contributed by atoms with E-state index in [0.29, 0.717) is 12.6 Å². The summed E-state index contributed by atoms with van der Waals surface area (Å²) in [4.78, 5) is 6.66. The normalized spacial score (nSPS) is 17.7. The van der Waals surface area contributed by atoms with Crippen LogP contribution in [0.3, 0.4) is 0 Å². The van der Waals surface area contributed by atoms with Crippen LogP contribution in [0.25, 0.3) is 0 Å². The Balaban J connectivity index is 2.06. The van der Waals surface area contributed by atoms with Crippen molar-refractivity contribution in [2.75, 3.05) is 19.6 Å². The van der Waals surface area contributed by atoms with Gasteiger partial charge in [0.15, 0.2) is 0 Å². The van der Waals surface area contributed by atoms with E-state index >= 15 is 0 Å². The zero-order valence-corrected chi connectivity index (χ0v) is 9.97. The summed E-state index contributed by atoms with van der Waals surface area (Å²) < 4.78 is 0. The molecule has 0 saturated heterocycles. The first-order chi connectivity index (χ1) is 7.85. The fraction of sp³-hybridized carbons (Fsp3) is 0.615. The second-order valence-corrected chi connectivity index (χ2v) is 4.57. The van der Waals surface area contributed by atoms with Gasteiger partial charge >= 0.3 is 0 Å². The average molecular weight is 219 g/mol. The van der Waals surface area contributed by atoms with Gasteiger partial charge in [-0.25, -0.2) is 0 Å². The first-order valence-electron chi connectivity index (χ1n) is 6.19. The highest BCUT2D eigenvalue weighted by molar-refractivity contribution is 5.14. The summed E-state index contributed by atoms with van der Waals surface area (Å²) in [7, 11) is 0. The number of hydrogen-bond acceptors (Lipinski definition) is 3. The molecule has 3 heteroatoms. The third kappa shape index (κ3) is 2.80. The van der Waals surface area contributed by atoms with Crippen LogP contribution in [0.5, 0.6) is 0 Å². The number of hydrogen-bond donors (Lipinski definition) is 1. The average Bonchev–Trinajstić information content (AvgIpc) is 3.14. The molecule has 1 unspecified atom stereocenters. The number of aromatic nitrogens is 1. The minimum atomic E-state index is 0.333. The number of pyridine rings is 1. The SMILES string of the molecule is CCN(CC1CC1)C(CN)c1cccnc1. The van der Waals surface area contributed by atoms with Gasteiger partial charge in [0.25, 0.3) is 0 Å². The first kappa shape index (κ1) is 11.6. The van der Waals surface area contributed by atoms with E-state index in [0.717, 1.165) is 12.5 Å². The van der Waals surface area contributed by atoms with Gasteiger partial charge < -0.3 is 5.73 Å². The number of nitrogens with two attached hydrogens (primary N) is 1. The molecule has 1 aromatic heterocycles. The molecule has 0 aromatic carbocycles. The summed E-state index contributed by atoms with van der Waals surface area (Å²) in [5.41, 5.74) is 7.15. The van der Waals surface area contributed by atoms with Crippen LogP contribution in [-0.4, -0.2) is 29.5 Å². The van der Waals surface area contributed by atoms with Crippen molar-refractivity contribution in [1.29, 1.82) is 0 Å². The monoisotopic (exact) mass is 219 g/mol. The molecule has 1 aliphatic carbocycles. The molecule has 3 nitrogen and oxygen atoms in total. The zero-order chi connectivity index (χ0) is 11.4. The zero-order valence-electron chi connectivity index (χ0n) is 9.97. The Morgan fingerprint density at radius 2 is 2.38 bits per heavy atom. The second-order valence-electron chi connectivity index (χ2n) is 4.57. The fourth-order valence-electron chi connectivity index (χ4n) is 2.18. The largest absolute Gasteiger partial charge is 0.329 e. The van der Waals surface area contributed by atoms with Gasteiger partial charge in [-0.05, 0) is 36.9 Å². The van der Waals surface area contributed by atoms with Crippen molar-refractivity contribution in [2.24, 2.45) is 11.7 Å². The van der Waals surface area contributed by atoms with Gasteiger partial charge in [-0.3, -0.25) is 9.88 Å². The number of rotatable bonds is 6. The van der Waals surface area contributed by atoms with Crippen LogP contribution in [0, 0.1) is 5.92 Å². The maximum Gasteiger partial charge on any atom is 0.0485 e. The lowest BCUT2D eigenvalue weighted by Crippen LogP contribution is -2.35. The molecule has 1 fully saturated rings. The lowest BCUT2D eigenvalue weighted by Gasteiger charge is -2.29. The molecular formula is C13H21N3. The maximum absolute atomic E-state index is 5.91. The minimum absolute atomic E-state index is 0.333. The van der Waals surface area contributed by atoms with Crippen molar-refractivity contribution in [3.63, 3.8) is 0 Å². The molecule has 1 saturated carbocycles. The van der Waals surface area contributed by atoms with Gasteiger partial charge in [-0.2, -0.15) is 0 Å². The summed E-state index contributed by atoms with van der Waals surface area (Å²) in [6.45, 7) is 5.13. The summed E-state index contributed by atoms with van der Waals surface area (Å²) >= 11 is 0. The molecule has 1 heterocycles. The van der Waals surface area contributed by atoms with E-state index in [-0.39, 0.29) is 0 Å². The van der Waals surface area contributed by atoms with Crippen LogP contribution in [0.2, 0.25) is 0 Å². The van der Waals surface area contributed by atoms with Gasteiger partial charge in [0, 0.05) is 31.5 Å². The van der Waals surface area contributed by atoms with E-state index in [1.807, 2.05) is 18.5 Å². The van der Waals surface area contributed by atoms with Gasteiger partial charge in [0.2, 0.25) is 0 Å². The quantitative estimate of drug-likeness (QED) is 0.793. The molecule has 0 spiro atoms. The van der Waals surface area contributed by atoms with Crippen molar-refractivity contribution in [3.8, 4) is 0 Å². The Bertz CT molecular complexity index is 308. The van der Waals surface area contributed by atoms with Crippen LogP contribution in [0.4, 0.5) is 0 Å². The van der Waals surface area contributed by atoms with Crippen molar-refractivity contribution < 1.29 is 0 Å². The van der Waals surface area contributed by atoms with E-state index in [1.165, 1.54) is 24.9 Å². The molecule has 1 aromatic rings. The van der Waals surface area contributed by atoms with E-state index in [4.69, 9.17) is 5.73 Å². The van der Waals surface area contributed by atoms with Crippen molar-refractivity contribution in [3.05, 3.63) is 30.1 Å². The predicted molar refractivity (Wildman–Crippen MR) is 66.0 cm³/mol. The summed E-state index contributed by atoms with van der Waals surface area (Å²) in [5, 5.41) is 0. The molecule has 0 radical (unpaired) electrons. The molecule has 0 aliphatic heterocycles. The van der Waals surface area contributed by atoms with E-state index < -0.39 is 0 Å². The van der Waals surface area contributed by atoms with Crippen molar-refractivity contribution in [1.82, 2.24) is 9.88 Å². The number of likely N-dealkylation sites (N-methyl/N-ethyl adjacent to an activating group) is 1. The lowest BCUT2D eigenvalue weighted by molar-refractivity contribution is 0.203.